The fraction of sp³-hybridized carbons (Fsp3) is 0.310. The third kappa shape index (κ3) is 5.11. The number of amides is 1. The molecule has 0 spiro atoms. The summed E-state index contributed by atoms with van der Waals surface area (Å²) in [5, 5.41) is 0.945. The van der Waals surface area contributed by atoms with Gasteiger partial charge in [-0.3, -0.25) is 4.79 Å². The van der Waals surface area contributed by atoms with Crippen LogP contribution in [0.4, 0.5) is 5.13 Å². The molecule has 0 saturated carbocycles. The van der Waals surface area contributed by atoms with Crippen LogP contribution in [0.5, 0.6) is 5.75 Å². The molecule has 2 aliphatic rings. The van der Waals surface area contributed by atoms with Crippen molar-refractivity contribution in [2.75, 3.05) is 44.2 Å². The Morgan fingerprint density at radius 2 is 1.69 bits per heavy atom. The summed E-state index contributed by atoms with van der Waals surface area (Å²) in [5.74, 6) is 0.756. The summed E-state index contributed by atoms with van der Waals surface area (Å²) in [4.78, 5) is 22.2. The Bertz CT molecular complexity index is 1610. The number of aromatic nitrogens is 1. The summed E-state index contributed by atoms with van der Waals surface area (Å²) < 4.78 is 34.8. The lowest BCUT2D eigenvalue weighted by Crippen LogP contribution is -2.48. The van der Waals surface area contributed by atoms with Crippen molar-refractivity contribution < 1.29 is 17.9 Å². The molecule has 0 radical (unpaired) electrons. The summed E-state index contributed by atoms with van der Waals surface area (Å²) in [6.45, 7) is 5.93. The van der Waals surface area contributed by atoms with Gasteiger partial charge in [0, 0.05) is 44.8 Å². The number of rotatable bonds is 6. The van der Waals surface area contributed by atoms with Crippen molar-refractivity contribution >= 4 is 42.6 Å². The second-order valence-electron chi connectivity index (χ2n) is 9.72. The van der Waals surface area contributed by atoms with Crippen molar-refractivity contribution in [2.24, 2.45) is 0 Å². The van der Waals surface area contributed by atoms with E-state index in [1.165, 1.54) is 9.87 Å². The molecule has 2 aliphatic heterocycles. The molecule has 3 aromatic carbocycles. The minimum Gasteiger partial charge on any atom is -0.494 e. The predicted molar refractivity (Wildman–Crippen MR) is 153 cm³/mol. The highest BCUT2D eigenvalue weighted by atomic mass is 32.2. The second-order valence-corrected chi connectivity index (χ2v) is 12.7. The Kier molecular flexibility index (Phi) is 7.01. The van der Waals surface area contributed by atoms with Gasteiger partial charge in [-0.2, -0.15) is 4.31 Å². The Morgan fingerprint density at radius 1 is 0.949 bits per heavy atom. The van der Waals surface area contributed by atoms with Crippen LogP contribution in [0.25, 0.3) is 10.2 Å². The van der Waals surface area contributed by atoms with Crippen LogP contribution < -0.4 is 9.64 Å². The molecule has 0 bridgehead atoms. The summed E-state index contributed by atoms with van der Waals surface area (Å²) in [7, 11) is -3.64. The van der Waals surface area contributed by atoms with E-state index in [1.54, 1.807) is 35.6 Å². The molecule has 1 aromatic heterocycles. The SMILES string of the molecule is CCOc1ccc2nc(N3CCN(C(=O)c4ccc(S(=O)(=O)N5CCc6ccccc6C5)cc4)CC3)sc2c1. The van der Waals surface area contributed by atoms with E-state index in [0.29, 0.717) is 57.9 Å². The zero-order valence-corrected chi connectivity index (χ0v) is 23.4. The van der Waals surface area contributed by atoms with Crippen molar-refractivity contribution in [1.29, 1.82) is 0 Å². The first-order chi connectivity index (χ1) is 18.9. The Balaban J connectivity index is 1.09. The van der Waals surface area contributed by atoms with Crippen LogP contribution in [0.1, 0.15) is 28.4 Å². The monoisotopic (exact) mass is 562 g/mol. The standard InChI is InChI=1S/C29H30N4O4S2/c1-2-37-24-9-12-26-27(19-24)38-29(30-26)32-17-15-31(16-18-32)28(34)22-7-10-25(11-8-22)39(35,36)33-14-13-21-5-3-4-6-23(21)20-33/h3-12,19H,2,13-18,20H2,1H3. The number of carbonyl (C=O) groups excluding carboxylic acids is 1. The first-order valence-corrected chi connectivity index (χ1v) is 15.4. The van der Waals surface area contributed by atoms with Crippen molar-refractivity contribution in [3.63, 3.8) is 0 Å². The van der Waals surface area contributed by atoms with Crippen molar-refractivity contribution in [3.05, 3.63) is 83.4 Å². The zero-order chi connectivity index (χ0) is 27.0. The van der Waals surface area contributed by atoms with E-state index in [9.17, 15) is 13.2 Å². The number of fused-ring (bicyclic) bond motifs is 2. The fourth-order valence-electron chi connectivity index (χ4n) is 5.16. The molecule has 8 nitrogen and oxygen atoms in total. The van der Waals surface area contributed by atoms with E-state index >= 15 is 0 Å². The highest BCUT2D eigenvalue weighted by molar-refractivity contribution is 7.89. The smallest absolute Gasteiger partial charge is 0.253 e. The number of ether oxygens (including phenoxy) is 1. The van der Waals surface area contributed by atoms with Gasteiger partial charge in [0.1, 0.15) is 5.75 Å². The number of thiazole rings is 1. The van der Waals surface area contributed by atoms with Crippen LogP contribution in [0.3, 0.4) is 0 Å². The topological polar surface area (TPSA) is 83.0 Å². The maximum atomic E-state index is 13.3. The molecule has 10 heteroatoms. The molecule has 0 N–H and O–H groups in total. The fourth-order valence-corrected chi connectivity index (χ4v) is 7.63. The third-order valence-corrected chi connectivity index (χ3v) is 10.3. The van der Waals surface area contributed by atoms with Gasteiger partial charge < -0.3 is 14.5 Å². The van der Waals surface area contributed by atoms with Gasteiger partial charge in [-0.25, -0.2) is 13.4 Å². The molecule has 4 aromatic rings. The van der Waals surface area contributed by atoms with Crippen LogP contribution in [0, 0.1) is 0 Å². The normalized spacial score (nSPS) is 16.3. The molecule has 1 amide bonds. The maximum absolute atomic E-state index is 13.3. The predicted octanol–water partition coefficient (Wildman–Crippen LogP) is 4.40. The van der Waals surface area contributed by atoms with Crippen LogP contribution in [-0.2, 0) is 23.0 Å². The largest absolute Gasteiger partial charge is 0.494 e. The molecular formula is C29H30N4O4S2. The quantitative estimate of drug-likeness (QED) is 0.346. The summed E-state index contributed by atoms with van der Waals surface area (Å²) in [5.41, 5.74) is 3.68. The van der Waals surface area contributed by atoms with Gasteiger partial charge in [-0.05, 0) is 66.9 Å². The molecule has 6 rings (SSSR count). The third-order valence-electron chi connectivity index (χ3n) is 7.33. The molecule has 39 heavy (non-hydrogen) atoms. The number of carbonyl (C=O) groups is 1. The van der Waals surface area contributed by atoms with E-state index in [0.717, 1.165) is 26.7 Å². The number of hydrogen-bond donors (Lipinski definition) is 0. The van der Waals surface area contributed by atoms with Crippen molar-refractivity contribution in [2.45, 2.75) is 24.8 Å². The summed E-state index contributed by atoms with van der Waals surface area (Å²) in [6, 6.07) is 20.3. The number of benzene rings is 3. The average Bonchev–Trinajstić information content (AvgIpc) is 3.40. The van der Waals surface area contributed by atoms with Gasteiger partial charge >= 0.3 is 0 Å². The van der Waals surface area contributed by atoms with Gasteiger partial charge in [0.05, 0.1) is 21.7 Å². The van der Waals surface area contributed by atoms with E-state index in [2.05, 4.69) is 11.0 Å². The van der Waals surface area contributed by atoms with Crippen LogP contribution >= 0.6 is 11.3 Å². The Hall–Kier alpha value is -3.47. The molecular weight excluding hydrogens is 532 g/mol. The lowest BCUT2D eigenvalue weighted by molar-refractivity contribution is 0.0746. The van der Waals surface area contributed by atoms with Gasteiger partial charge in [0.15, 0.2) is 5.13 Å². The zero-order valence-electron chi connectivity index (χ0n) is 21.7. The average molecular weight is 563 g/mol. The van der Waals surface area contributed by atoms with Gasteiger partial charge in [-0.15, -0.1) is 0 Å². The van der Waals surface area contributed by atoms with Crippen molar-refractivity contribution in [3.8, 4) is 5.75 Å². The lowest BCUT2D eigenvalue weighted by Gasteiger charge is -2.34. The number of piperazine rings is 1. The molecule has 202 valence electrons. The number of hydrogen-bond acceptors (Lipinski definition) is 7. The molecule has 1 fully saturated rings. The van der Waals surface area contributed by atoms with Gasteiger partial charge in [0.25, 0.3) is 5.91 Å². The first kappa shape index (κ1) is 25.8. The van der Waals surface area contributed by atoms with Crippen LogP contribution in [0.2, 0.25) is 0 Å². The summed E-state index contributed by atoms with van der Waals surface area (Å²) in [6.07, 6.45) is 0.698. The summed E-state index contributed by atoms with van der Waals surface area (Å²) >= 11 is 1.63. The van der Waals surface area contributed by atoms with E-state index in [4.69, 9.17) is 9.72 Å². The van der Waals surface area contributed by atoms with Crippen molar-refractivity contribution in [1.82, 2.24) is 14.2 Å². The minimum absolute atomic E-state index is 0.0869. The highest BCUT2D eigenvalue weighted by Gasteiger charge is 2.29. The van der Waals surface area contributed by atoms with E-state index in [-0.39, 0.29) is 10.8 Å². The first-order valence-electron chi connectivity index (χ1n) is 13.2. The molecule has 0 unspecified atom stereocenters. The molecule has 3 heterocycles. The Morgan fingerprint density at radius 3 is 2.44 bits per heavy atom. The lowest BCUT2D eigenvalue weighted by atomic mass is 10.0. The Labute approximate surface area is 232 Å². The van der Waals surface area contributed by atoms with Gasteiger partial charge in [0.2, 0.25) is 10.0 Å². The molecule has 0 aliphatic carbocycles. The number of anilines is 1. The second kappa shape index (κ2) is 10.6. The van der Waals surface area contributed by atoms with E-state index < -0.39 is 10.0 Å². The maximum Gasteiger partial charge on any atom is 0.253 e. The number of nitrogens with zero attached hydrogens (tertiary/aromatic N) is 4. The minimum atomic E-state index is -3.64. The van der Waals surface area contributed by atoms with E-state index in [1.807, 2.05) is 48.2 Å². The molecule has 0 atom stereocenters. The molecule has 1 saturated heterocycles. The van der Waals surface area contributed by atoms with Gasteiger partial charge in [-0.1, -0.05) is 35.6 Å². The highest BCUT2D eigenvalue weighted by Crippen LogP contribution is 2.32. The van der Waals surface area contributed by atoms with Crippen LogP contribution in [-0.4, -0.2) is 67.8 Å². The number of sulfonamides is 1. The van der Waals surface area contributed by atoms with Crippen LogP contribution in [0.15, 0.2) is 71.6 Å².